The van der Waals surface area contributed by atoms with E-state index in [1.165, 1.54) is 89.0 Å². The van der Waals surface area contributed by atoms with Crippen LogP contribution in [-0.2, 0) is 12.8 Å². The Kier molecular flexibility index (Phi) is 14.2. The molecule has 0 aliphatic heterocycles. The average molecular weight is 536 g/mol. The maximum Gasteiger partial charge on any atom is 0.146 e. The third kappa shape index (κ3) is 10.5. The van der Waals surface area contributed by atoms with Gasteiger partial charge in [-0.2, -0.15) is 0 Å². The molecule has 1 aromatic heterocycles. The lowest BCUT2D eigenvalue weighted by Gasteiger charge is -2.13. The van der Waals surface area contributed by atoms with Crippen LogP contribution in [-0.4, -0.2) is 26.7 Å². The van der Waals surface area contributed by atoms with Crippen LogP contribution in [0.2, 0.25) is 0 Å². The number of rotatable bonds is 21. The first-order valence-electron chi connectivity index (χ1n) is 16.0. The predicted octanol–water partition coefficient (Wildman–Crippen LogP) is 9.89. The topological polar surface area (TPSA) is 60.2 Å². The summed E-state index contributed by atoms with van der Waals surface area (Å²) in [6.07, 6.45) is 22.0. The van der Waals surface area contributed by atoms with E-state index in [0.29, 0.717) is 18.0 Å². The SMILES string of the molecule is CCCCCCCCCc1cc(CCCCCCCCC)c(O)c(-n2nc3ccc(OCCCC)cc3n2)c1. The van der Waals surface area contributed by atoms with Crippen molar-refractivity contribution in [2.75, 3.05) is 6.61 Å². The van der Waals surface area contributed by atoms with Crippen molar-refractivity contribution >= 4 is 11.0 Å². The summed E-state index contributed by atoms with van der Waals surface area (Å²) >= 11 is 0. The first kappa shape index (κ1) is 31.0. The molecule has 3 aromatic rings. The van der Waals surface area contributed by atoms with E-state index in [0.717, 1.165) is 54.5 Å². The second kappa shape index (κ2) is 17.9. The molecule has 1 N–H and O–H groups in total. The van der Waals surface area contributed by atoms with Gasteiger partial charge in [-0.25, -0.2) is 0 Å². The molecular formula is C34H53N3O2. The number of hydrogen-bond donors (Lipinski definition) is 1. The Morgan fingerprint density at radius 1 is 0.641 bits per heavy atom. The minimum atomic E-state index is 0.323. The summed E-state index contributed by atoms with van der Waals surface area (Å²) in [6.45, 7) is 7.40. The highest BCUT2D eigenvalue weighted by Gasteiger charge is 2.15. The number of hydrogen-bond acceptors (Lipinski definition) is 4. The number of aromatic hydroxyl groups is 1. The summed E-state index contributed by atoms with van der Waals surface area (Å²) in [5.74, 6) is 1.14. The van der Waals surface area contributed by atoms with Gasteiger partial charge in [0, 0.05) is 6.07 Å². The highest BCUT2D eigenvalue weighted by molar-refractivity contribution is 5.76. The minimum Gasteiger partial charge on any atom is -0.505 e. The molecule has 0 aliphatic rings. The van der Waals surface area contributed by atoms with Crippen molar-refractivity contribution in [3.63, 3.8) is 0 Å². The fraction of sp³-hybridized carbons (Fsp3) is 0.647. The van der Waals surface area contributed by atoms with E-state index in [2.05, 4.69) is 32.9 Å². The molecule has 1 heterocycles. The van der Waals surface area contributed by atoms with Crippen molar-refractivity contribution in [2.45, 2.75) is 136 Å². The summed E-state index contributed by atoms with van der Waals surface area (Å²) < 4.78 is 5.88. The summed E-state index contributed by atoms with van der Waals surface area (Å²) in [5.41, 5.74) is 4.60. The quantitative estimate of drug-likeness (QED) is 0.138. The van der Waals surface area contributed by atoms with Crippen LogP contribution in [0.25, 0.3) is 16.7 Å². The van der Waals surface area contributed by atoms with Crippen LogP contribution >= 0.6 is 0 Å². The standard InChI is InChI=1S/C34H53N3O2/c1-4-7-10-12-14-16-18-20-28-25-29(21-19-17-15-13-11-8-5-2)34(38)33(26-28)37-35-31-23-22-30(27-32(31)36-37)39-24-9-6-3/h22-23,25-27,38H,4-21,24H2,1-3H3. The van der Waals surface area contributed by atoms with Gasteiger partial charge in [-0.15, -0.1) is 15.0 Å². The van der Waals surface area contributed by atoms with E-state index in [9.17, 15) is 5.11 Å². The Balaban J connectivity index is 1.73. The van der Waals surface area contributed by atoms with E-state index < -0.39 is 0 Å². The lowest BCUT2D eigenvalue weighted by Crippen LogP contribution is -2.03. The Labute approximate surface area is 237 Å². The molecule has 3 rings (SSSR count). The highest BCUT2D eigenvalue weighted by atomic mass is 16.5. The van der Waals surface area contributed by atoms with Gasteiger partial charge in [0.05, 0.1) is 6.61 Å². The molecule has 216 valence electrons. The van der Waals surface area contributed by atoms with Gasteiger partial charge in [-0.1, -0.05) is 110 Å². The molecule has 2 aromatic carbocycles. The van der Waals surface area contributed by atoms with Gasteiger partial charge in [0.15, 0.2) is 0 Å². The largest absolute Gasteiger partial charge is 0.505 e. The lowest BCUT2D eigenvalue weighted by molar-refractivity contribution is 0.310. The second-order valence-corrected chi connectivity index (χ2v) is 11.2. The van der Waals surface area contributed by atoms with Crippen LogP contribution in [0.1, 0.15) is 135 Å². The van der Waals surface area contributed by atoms with Crippen LogP contribution in [0.4, 0.5) is 0 Å². The zero-order valence-electron chi connectivity index (χ0n) is 25.0. The van der Waals surface area contributed by atoms with E-state index >= 15 is 0 Å². The molecule has 5 nitrogen and oxygen atoms in total. The Hall–Kier alpha value is -2.56. The molecule has 0 atom stereocenters. The highest BCUT2D eigenvalue weighted by Crippen LogP contribution is 2.31. The number of phenols is 1. The molecule has 0 fully saturated rings. The third-order valence-corrected chi connectivity index (χ3v) is 7.68. The number of phenolic OH excluding ortho intramolecular Hbond substituents is 1. The van der Waals surface area contributed by atoms with Gasteiger partial charge in [0.1, 0.15) is 28.2 Å². The van der Waals surface area contributed by atoms with E-state index in [-0.39, 0.29) is 0 Å². The van der Waals surface area contributed by atoms with Crippen molar-refractivity contribution in [3.05, 3.63) is 41.5 Å². The van der Waals surface area contributed by atoms with Crippen LogP contribution in [0.3, 0.4) is 0 Å². The van der Waals surface area contributed by atoms with Gasteiger partial charge >= 0.3 is 0 Å². The Bertz CT molecular complexity index is 1090. The van der Waals surface area contributed by atoms with Crippen LogP contribution in [0, 0.1) is 0 Å². The fourth-order valence-corrected chi connectivity index (χ4v) is 5.21. The lowest BCUT2D eigenvalue weighted by atomic mass is 9.98. The molecule has 0 saturated carbocycles. The van der Waals surface area contributed by atoms with E-state index in [4.69, 9.17) is 14.9 Å². The molecule has 0 unspecified atom stereocenters. The van der Waals surface area contributed by atoms with Gasteiger partial charge in [-0.05, 0) is 61.4 Å². The number of unbranched alkanes of at least 4 members (excludes halogenated alkanes) is 13. The summed E-state index contributed by atoms with van der Waals surface area (Å²) in [5, 5.41) is 20.8. The normalized spacial score (nSPS) is 11.5. The summed E-state index contributed by atoms with van der Waals surface area (Å²) in [6, 6.07) is 10.2. The first-order valence-corrected chi connectivity index (χ1v) is 16.0. The average Bonchev–Trinajstić information content (AvgIpc) is 3.37. The number of aromatic nitrogens is 3. The second-order valence-electron chi connectivity index (χ2n) is 11.2. The van der Waals surface area contributed by atoms with Crippen molar-refractivity contribution in [1.29, 1.82) is 0 Å². The number of ether oxygens (including phenoxy) is 1. The Morgan fingerprint density at radius 3 is 1.90 bits per heavy atom. The van der Waals surface area contributed by atoms with Crippen molar-refractivity contribution in [1.82, 2.24) is 15.0 Å². The molecule has 39 heavy (non-hydrogen) atoms. The minimum absolute atomic E-state index is 0.323. The van der Waals surface area contributed by atoms with Crippen molar-refractivity contribution < 1.29 is 9.84 Å². The predicted molar refractivity (Wildman–Crippen MR) is 164 cm³/mol. The molecular weight excluding hydrogens is 482 g/mol. The van der Waals surface area contributed by atoms with Gasteiger partial charge in [0.2, 0.25) is 0 Å². The molecule has 0 radical (unpaired) electrons. The number of benzene rings is 2. The molecule has 5 heteroatoms. The van der Waals surface area contributed by atoms with E-state index in [1.54, 1.807) is 4.80 Å². The monoisotopic (exact) mass is 535 g/mol. The number of fused-ring (bicyclic) bond motifs is 1. The fourth-order valence-electron chi connectivity index (χ4n) is 5.21. The molecule has 0 spiro atoms. The molecule has 0 amide bonds. The zero-order valence-corrected chi connectivity index (χ0v) is 25.0. The first-order chi connectivity index (χ1) is 19.2. The van der Waals surface area contributed by atoms with Crippen LogP contribution in [0.5, 0.6) is 11.5 Å². The van der Waals surface area contributed by atoms with Gasteiger partial charge in [0.25, 0.3) is 0 Å². The third-order valence-electron chi connectivity index (χ3n) is 7.68. The van der Waals surface area contributed by atoms with Gasteiger partial charge < -0.3 is 9.84 Å². The zero-order chi connectivity index (χ0) is 27.7. The van der Waals surface area contributed by atoms with Gasteiger partial charge in [-0.3, -0.25) is 0 Å². The maximum absolute atomic E-state index is 11.3. The van der Waals surface area contributed by atoms with Crippen molar-refractivity contribution in [2.24, 2.45) is 0 Å². The smallest absolute Gasteiger partial charge is 0.146 e. The van der Waals surface area contributed by atoms with Crippen LogP contribution in [0.15, 0.2) is 30.3 Å². The molecule has 0 bridgehead atoms. The van der Waals surface area contributed by atoms with E-state index in [1.807, 2.05) is 18.2 Å². The summed E-state index contributed by atoms with van der Waals surface area (Å²) in [4.78, 5) is 1.62. The maximum atomic E-state index is 11.3. The van der Waals surface area contributed by atoms with Crippen LogP contribution < -0.4 is 4.74 Å². The summed E-state index contributed by atoms with van der Waals surface area (Å²) in [7, 11) is 0. The number of aryl methyl sites for hydroxylation is 2. The number of nitrogens with zero attached hydrogens (tertiary/aromatic N) is 3. The Morgan fingerprint density at radius 2 is 1.23 bits per heavy atom. The molecule has 0 aliphatic carbocycles. The van der Waals surface area contributed by atoms with Crippen molar-refractivity contribution in [3.8, 4) is 17.2 Å². The molecule has 0 saturated heterocycles.